The zero-order chi connectivity index (χ0) is 14.3. The van der Waals surface area contributed by atoms with Crippen molar-refractivity contribution >= 4 is 23.6 Å². The van der Waals surface area contributed by atoms with Gasteiger partial charge in [0, 0.05) is 12.1 Å². The van der Waals surface area contributed by atoms with Crippen LogP contribution in [0.2, 0.25) is 5.02 Å². The number of nitriles is 1. The van der Waals surface area contributed by atoms with Gasteiger partial charge in [0.15, 0.2) is 0 Å². The summed E-state index contributed by atoms with van der Waals surface area (Å²) in [5.41, 5.74) is -0.116. The van der Waals surface area contributed by atoms with Crippen LogP contribution in [0.5, 0.6) is 0 Å². The summed E-state index contributed by atoms with van der Waals surface area (Å²) in [6, 6.07) is 5.94. The highest BCUT2D eigenvalue weighted by Gasteiger charge is 2.11. The third-order valence-corrected chi connectivity index (χ3v) is 2.80. The molecule has 0 radical (unpaired) electrons. The van der Waals surface area contributed by atoms with Crippen LogP contribution in [0.15, 0.2) is 23.8 Å². The number of hydrogen-bond donors (Lipinski definition) is 1. The Morgan fingerprint density at radius 3 is 2.89 bits per heavy atom. The van der Waals surface area contributed by atoms with Crippen molar-refractivity contribution in [2.24, 2.45) is 0 Å². The molecule has 19 heavy (non-hydrogen) atoms. The van der Waals surface area contributed by atoms with Gasteiger partial charge in [-0.05, 0) is 24.6 Å². The molecule has 0 atom stereocenters. The van der Waals surface area contributed by atoms with Crippen molar-refractivity contribution in [3.63, 3.8) is 0 Å². The number of carbonyl (C=O) groups excluding carboxylic acids is 1. The molecule has 0 saturated heterocycles. The lowest BCUT2D eigenvalue weighted by atomic mass is 10.1. The molecule has 0 saturated carbocycles. The highest BCUT2D eigenvalue weighted by molar-refractivity contribution is 6.32. The molecule has 0 aliphatic rings. The second kappa shape index (κ2) is 7.55. The minimum atomic E-state index is -0.568. The van der Waals surface area contributed by atoms with E-state index in [1.807, 2.05) is 6.92 Å². The molecule has 0 aromatic heterocycles. The fraction of sp³-hybridized carbons (Fsp3) is 0.286. The van der Waals surface area contributed by atoms with Gasteiger partial charge in [-0.25, -0.2) is 4.39 Å². The van der Waals surface area contributed by atoms with Crippen molar-refractivity contribution in [3.8, 4) is 6.07 Å². The lowest BCUT2D eigenvalue weighted by Crippen LogP contribution is -2.25. The zero-order valence-corrected chi connectivity index (χ0v) is 11.3. The number of unbranched alkanes of at least 4 members (excludes halogenated alkanes) is 1. The summed E-state index contributed by atoms with van der Waals surface area (Å²) in [5.74, 6) is -1.09. The van der Waals surface area contributed by atoms with Crippen LogP contribution in [0.1, 0.15) is 25.3 Å². The SMILES string of the molecule is CCCCNC(=O)/C(C#N)=C/c1c(F)cccc1Cl. The molecule has 0 unspecified atom stereocenters. The fourth-order valence-corrected chi connectivity index (χ4v) is 1.63. The van der Waals surface area contributed by atoms with E-state index in [1.165, 1.54) is 24.3 Å². The summed E-state index contributed by atoms with van der Waals surface area (Å²) in [7, 11) is 0. The number of amides is 1. The quantitative estimate of drug-likeness (QED) is 0.511. The monoisotopic (exact) mass is 280 g/mol. The molecule has 100 valence electrons. The standard InChI is InChI=1S/C14H14ClFN2O/c1-2-3-7-18-14(19)10(9-17)8-11-12(15)5-4-6-13(11)16/h4-6,8H,2-3,7H2,1H3,(H,18,19)/b10-8+. The van der Waals surface area contributed by atoms with Crippen molar-refractivity contribution < 1.29 is 9.18 Å². The zero-order valence-electron chi connectivity index (χ0n) is 10.5. The average molecular weight is 281 g/mol. The van der Waals surface area contributed by atoms with Crippen molar-refractivity contribution in [2.75, 3.05) is 6.54 Å². The Hall–Kier alpha value is -1.86. The van der Waals surface area contributed by atoms with E-state index in [0.29, 0.717) is 6.54 Å². The molecule has 5 heteroatoms. The Labute approximate surface area is 116 Å². The molecule has 1 amide bonds. The Morgan fingerprint density at radius 1 is 1.58 bits per heavy atom. The Morgan fingerprint density at radius 2 is 2.32 bits per heavy atom. The number of nitrogens with zero attached hydrogens (tertiary/aromatic N) is 1. The third kappa shape index (κ3) is 4.38. The van der Waals surface area contributed by atoms with E-state index in [9.17, 15) is 9.18 Å². The van der Waals surface area contributed by atoms with Crippen LogP contribution in [-0.2, 0) is 4.79 Å². The van der Waals surface area contributed by atoms with Gasteiger partial charge in [-0.1, -0.05) is 31.0 Å². The van der Waals surface area contributed by atoms with Crippen molar-refractivity contribution in [2.45, 2.75) is 19.8 Å². The Kier molecular flexibility index (Phi) is 6.04. The van der Waals surface area contributed by atoms with Crippen molar-refractivity contribution in [1.82, 2.24) is 5.32 Å². The van der Waals surface area contributed by atoms with Gasteiger partial charge in [0.05, 0.1) is 5.02 Å². The van der Waals surface area contributed by atoms with Crippen LogP contribution >= 0.6 is 11.6 Å². The molecule has 0 bridgehead atoms. The second-order valence-corrected chi connectivity index (χ2v) is 4.32. The molecular weight excluding hydrogens is 267 g/mol. The number of hydrogen-bond acceptors (Lipinski definition) is 2. The largest absolute Gasteiger partial charge is 0.351 e. The first-order valence-corrected chi connectivity index (χ1v) is 6.32. The number of rotatable bonds is 5. The number of halogens is 2. The molecular formula is C14H14ClFN2O. The van der Waals surface area contributed by atoms with E-state index in [4.69, 9.17) is 16.9 Å². The van der Waals surface area contributed by atoms with Crippen molar-refractivity contribution in [1.29, 1.82) is 5.26 Å². The Bertz CT molecular complexity index is 514. The lowest BCUT2D eigenvalue weighted by molar-refractivity contribution is -0.117. The van der Waals surface area contributed by atoms with E-state index in [2.05, 4.69) is 5.32 Å². The highest BCUT2D eigenvalue weighted by Crippen LogP contribution is 2.21. The smallest absolute Gasteiger partial charge is 0.261 e. The normalized spacial score (nSPS) is 10.9. The summed E-state index contributed by atoms with van der Waals surface area (Å²) in [6.45, 7) is 2.48. The van der Waals surface area contributed by atoms with Crippen LogP contribution in [0.4, 0.5) is 4.39 Å². The van der Waals surface area contributed by atoms with Crippen LogP contribution < -0.4 is 5.32 Å². The molecule has 0 fully saturated rings. The highest BCUT2D eigenvalue weighted by atomic mass is 35.5. The van der Waals surface area contributed by atoms with Gasteiger partial charge in [-0.2, -0.15) is 5.26 Å². The summed E-state index contributed by atoms with van der Waals surface area (Å²) in [4.78, 5) is 11.7. The predicted molar refractivity (Wildman–Crippen MR) is 72.9 cm³/mol. The van der Waals surface area contributed by atoms with Gasteiger partial charge in [0.25, 0.3) is 5.91 Å². The summed E-state index contributed by atoms with van der Waals surface area (Å²) in [5, 5.41) is 11.7. The first kappa shape index (κ1) is 15.2. The molecule has 1 aromatic rings. The van der Waals surface area contributed by atoms with Crippen LogP contribution in [0, 0.1) is 17.1 Å². The first-order chi connectivity index (χ1) is 9.10. The molecule has 0 aliphatic heterocycles. The number of nitrogens with one attached hydrogen (secondary N) is 1. The van der Waals surface area contributed by atoms with Crippen molar-refractivity contribution in [3.05, 3.63) is 40.2 Å². The van der Waals surface area contributed by atoms with E-state index in [-0.39, 0.29) is 16.2 Å². The van der Waals surface area contributed by atoms with E-state index < -0.39 is 11.7 Å². The molecule has 0 spiro atoms. The molecule has 0 heterocycles. The van der Waals surface area contributed by atoms with Gasteiger partial charge in [0.2, 0.25) is 0 Å². The van der Waals surface area contributed by atoms with E-state index in [1.54, 1.807) is 6.07 Å². The minimum Gasteiger partial charge on any atom is -0.351 e. The Balaban J connectivity index is 2.94. The number of benzene rings is 1. The van der Waals surface area contributed by atoms with Gasteiger partial charge in [-0.15, -0.1) is 0 Å². The van der Waals surface area contributed by atoms with Gasteiger partial charge in [-0.3, -0.25) is 4.79 Å². The molecule has 1 aromatic carbocycles. The summed E-state index contributed by atoms with van der Waals surface area (Å²) in [6.07, 6.45) is 2.93. The maximum absolute atomic E-state index is 13.5. The van der Waals surface area contributed by atoms with Gasteiger partial charge < -0.3 is 5.32 Å². The van der Waals surface area contributed by atoms with E-state index in [0.717, 1.165) is 12.8 Å². The predicted octanol–water partition coefficient (Wildman–Crippen LogP) is 3.30. The average Bonchev–Trinajstić information content (AvgIpc) is 2.38. The topological polar surface area (TPSA) is 52.9 Å². The molecule has 0 aliphatic carbocycles. The first-order valence-electron chi connectivity index (χ1n) is 5.94. The minimum absolute atomic E-state index is 0.0476. The van der Waals surface area contributed by atoms with E-state index >= 15 is 0 Å². The second-order valence-electron chi connectivity index (χ2n) is 3.91. The van der Waals surface area contributed by atoms with Crippen LogP contribution in [-0.4, -0.2) is 12.5 Å². The maximum Gasteiger partial charge on any atom is 0.261 e. The fourth-order valence-electron chi connectivity index (χ4n) is 1.42. The molecule has 3 nitrogen and oxygen atoms in total. The molecule has 1 rings (SSSR count). The van der Waals surface area contributed by atoms with Gasteiger partial charge >= 0.3 is 0 Å². The molecule has 1 N–H and O–H groups in total. The van der Waals surface area contributed by atoms with Gasteiger partial charge in [0.1, 0.15) is 17.5 Å². The summed E-state index contributed by atoms with van der Waals surface area (Å²) < 4.78 is 13.5. The maximum atomic E-state index is 13.5. The van der Waals surface area contributed by atoms with Crippen LogP contribution in [0.25, 0.3) is 6.08 Å². The summed E-state index contributed by atoms with van der Waals surface area (Å²) >= 11 is 5.84. The lowest BCUT2D eigenvalue weighted by Gasteiger charge is -2.04. The third-order valence-electron chi connectivity index (χ3n) is 2.47. The number of carbonyl (C=O) groups is 1. The van der Waals surface area contributed by atoms with Crippen LogP contribution in [0.3, 0.4) is 0 Å².